The van der Waals surface area contributed by atoms with E-state index in [1.165, 1.54) is 146 Å². The zero-order valence-corrected chi connectivity index (χ0v) is 94.2. The van der Waals surface area contributed by atoms with Gasteiger partial charge in [0.05, 0.1) is 45.7 Å². The van der Waals surface area contributed by atoms with Crippen molar-refractivity contribution >= 4 is 72.2 Å². The maximum Gasteiger partial charge on any atom is 0.354 e. The largest absolute Gasteiger partial charge is 0.512 e. The first-order valence-corrected chi connectivity index (χ1v) is 44.1. The molecule has 9 heterocycles. The number of aliphatic hydroxyl groups is 2. The van der Waals surface area contributed by atoms with Crippen LogP contribution in [0.25, 0.3) is 139 Å². The van der Waals surface area contributed by atoms with Gasteiger partial charge in [0.25, 0.3) is 0 Å². The number of pyridine rings is 5. The smallest absolute Gasteiger partial charge is 0.354 e. The summed E-state index contributed by atoms with van der Waals surface area (Å²) in [5, 5.41) is 32.1. The molecule has 0 saturated heterocycles. The van der Waals surface area contributed by atoms with Crippen LogP contribution in [0, 0.1) is 91.8 Å². The van der Waals surface area contributed by atoms with Gasteiger partial charge >= 0.3 is 5.97 Å². The SMILES string of the molecule is CC(=O)C=C(C)O.CC(=O)C=C(C)O.Cc1ccc2c(c1)c1ccc[c-]c1c1ncc(-c3c(C)cccc3C)n21.Cc1cccc(C)c1-c1cnc2c3[c-]cccc3c3ccccc3n12.Cc1cccc(C)c1-n1ccnc1-c1[c-]cccc1.Cc1cccnc1-c1[c-]cccc1.O=C(O)c1ccccn1.[Ir].[Ir].[Ir].[Ir].[Ir].[Ir].[c-]1ccccc1-c1ccccn1.[c-]1ccccc1-c1nccnc1-c1ccccc1. The molecule has 0 amide bonds. The molecular formula is C119H101Ir6N11O6-6. The molecule has 0 saturated carbocycles. The Morgan fingerprint density at radius 2 is 0.732 bits per heavy atom. The number of nitrogens with zero attached hydrogens (tertiary/aromatic N) is 11. The summed E-state index contributed by atoms with van der Waals surface area (Å²) >= 11 is 0. The van der Waals surface area contributed by atoms with Crippen LogP contribution in [0.2, 0.25) is 0 Å². The Morgan fingerprint density at radius 3 is 1.19 bits per heavy atom. The summed E-state index contributed by atoms with van der Waals surface area (Å²) in [6.07, 6.45) is 18.6. The number of carboxylic acids is 1. The standard InChI is InChI=1S/C24H19N2.C23H17N2.C17H15N2.C16H11N2.C12H10N.C11H8N.C6H5NO2.2C5H8O2.6Ir/c1-15-11-12-21-20(13-15)18-9-4-5-10-19(18)24-25-14-22(26(21)24)23-16(2)7-6-8-17(23)3;1-15-8-7-9-16(2)22(15)21-14-24-23-19-12-4-3-10-17(19)18-11-5-6-13-20(18)25(21)23;1-13-7-6-8-14(2)16(13)19-12-11-18-17(19)15-9-4-3-5-10-15;1-3-7-13(8-4-1)15-16(18-12-11-17-15)14-9-5-2-6-10-14;1-10-6-5-9-13-12(10)11-7-3-2-4-8-11;1-2-6-10(7-3-1)11-8-4-5-9-12-11;8-6(9)5-3-1-2-4-7-5;2*1-4(6)3-5(2)7;;;;;;/h4-9,11-14H,1-3H3;3-11,13-14H,1-2H3;3-9,11-12H,1-2H3;1-9,11-12H;2-7,9H,1H3;1-6,8-9H;1-4H,(H,8,9);2*3,6H,1-2H3;;;;;;/q6*-1;;;;;;;;;. The maximum absolute atomic E-state index is 10.1. The molecule has 728 valence electrons. The van der Waals surface area contributed by atoms with Crippen LogP contribution < -0.4 is 0 Å². The van der Waals surface area contributed by atoms with Crippen molar-refractivity contribution in [3.63, 3.8) is 0 Å². The van der Waals surface area contributed by atoms with Crippen LogP contribution in [-0.2, 0) is 130 Å². The number of aromatic nitrogens is 11. The van der Waals surface area contributed by atoms with Gasteiger partial charge in [0.2, 0.25) is 0 Å². The number of para-hydroxylation sites is 2. The molecule has 0 spiro atoms. The van der Waals surface area contributed by atoms with Crippen molar-refractivity contribution in [3.05, 3.63) is 475 Å². The average molecular weight is 2930 g/mol. The number of carboxylic acid groups (broad SMARTS) is 1. The number of hydrogen-bond acceptors (Lipinski definition) is 13. The molecule has 6 radical (unpaired) electrons. The van der Waals surface area contributed by atoms with Crippen molar-refractivity contribution in [1.82, 2.24) is 53.2 Å². The molecular weight excluding hydrogens is 2830 g/mol. The van der Waals surface area contributed by atoms with Crippen molar-refractivity contribution in [2.75, 3.05) is 0 Å². The van der Waals surface area contributed by atoms with E-state index in [9.17, 15) is 14.4 Å². The number of benzene rings is 12. The number of fused-ring (bicyclic) bond motifs is 12. The van der Waals surface area contributed by atoms with Gasteiger partial charge in [0.15, 0.2) is 11.6 Å². The Morgan fingerprint density at radius 1 is 0.317 bits per heavy atom. The number of rotatable bonds is 11. The number of imidazole rings is 3. The van der Waals surface area contributed by atoms with Gasteiger partial charge in [-0.3, -0.25) is 29.5 Å². The Balaban J connectivity index is 0.000000223. The summed E-state index contributed by atoms with van der Waals surface area (Å²) in [7, 11) is 0. The Hall–Kier alpha value is -13.4. The minimum absolute atomic E-state index is 0. The van der Waals surface area contributed by atoms with Gasteiger partial charge in [-0.25, -0.2) is 9.78 Å². The second-order valence-electron chi connectivity index (χ2n) is 31.9. The molecule has 0 aliphatic rings. The molecule has 23 heteroatoms. The van der Waals surface area contributed by atoms with E-state index >= 15 is 0 Å². The summed E-state index contributed by atoms with van der Waals surface area (Å²) in [6, 6.07) is 122. The zero-order chi connectivity index (χ0) is 96.0. The zero-order valence-electron chi connectivity index (χ0n) is 79.8. The summed E-state index contributed by atoms with van der Waals surface area (Å²) in [6.45, 7) is 22.8. The Labute approximate surface area is 910 Å². The fraction of sp³-hybridized carbons (Fsp3) is 0.101. The number of carbonyl (C=O) groups is 3. The molecule has 0 aliphatic carbocycles. The molecule has 142 heavy (non-hydrogen) atoms. The first-order valence-electron chi connectivity index (χ1n) is 44.1. The van der Waals surface area contributed by atoms with Crippen LogP contribution in [-0.4, -0.2) is 86.1 Å². The molecule has 9 aromatic heterocycles. The monoisotopic (exact) mass is 2940 g/mol. The molecule has 12 aromatic carbocycles. The van der Waals surface area contributed by atoms with E-state index in [0.717, 1.165) is 89.9 Å². The topological polar surface area (TPSA) is 229 Å². The van der Waals surface area contributed by atoms with Crippen LogP contribution in [0.4, 0.5) is 0 Å². The number of aromatic carboxylic acids is 1. The Bertz CT molecular complexity index is 7540. The van der Waals surface area contributed by atoms with Gasteiger partial charge in [-0.2, -0.15) is 0 Å². The van der Waals surface area contributed by atoms with Crippen molar-refractivity contribution in [3.8, 4) is 84.6 Å². The van der Waals surface area contributed by atoms with Crippen LogP contribution in [0.5, 0.6) is 0 Å². The average Bonchev–Trinajstić information content (AvgIpc) is 1.54. The van der Waals surface area contributed by atoms with Crippen molar-refractivity contribution in [1.29, 1.82) is 0 Å². The van der Waals surface area contributed by atoms with Crippen LogP contribution in [0.15, 0.2) is 389 Å². The number of aryl methyl sites for hydroxylation is 8. The third kappa shape index (κ3) is 30.3. The number of hydrogen-bond donors (Lipinski definition) is 3. The van der Waals surface area contributed by atoms with E-state index in [-0.39, 0.29) is 149 Å². The first-order chi connectivity index (χ1) is 66.0. The minimum Gasteiger partial charge on any atom is -0.512 e. The summed E-state index contributed by atoms with van der Waals surface area (Å²) in [5.74, 6) is -0.186. The third-order valence-corrected chi connectivity index (χ3v) is 21.6. The molecule has 0 fully saturated rings. The van der Waals surface area contributed by atoms with E-state index in [1.54, 1.807) is 30.7 Å². The van der Waals surface area contributed by atoms with Gasteiger partial charge < -0.3 is 43.6 Å². The summed E-state index contributed by atoms with van der Waals surface area (Å²) in [4.78, 5) is 65.2. The minimum atomic E-state index is -0.990. The fourth-order valence-corrected chi connectivity index (χ4v) is 15.7. The molecule has 17 nitrogen and oxygen atoms in total. The maximum atomic E-state index is 10.1. The van der Waals surface area contributed by atoms with Crippen molar-refractivity contribution < 1.29 is 150 Å². The van der Waals surface area contributed by atoms with E-state index in [4.69, 9.17) is 25.3 Å². The van der Waals surface area contributed by atoms with Gasteiger partial charge in [-0.1, -0.05) is 161 Å². The molecule has 21 rings (SSSR count). The number of carbonyl (C=O) groups excluding carboxylic acids is 2. The van der Waals surface area contributed by atoms with Gasteiger partial charge in [-0.15, -0.1) is 203 Å². The van der Waals surface area contributed by atoms with Crippen molar-refractivity contribution in [2.24, 2.45) is 0 Å². The predicted molar refractivity (Wildman–Crippen MR) is 549 cm³/mol. The fourth-order valence-electron chi connectivity index (χ4n) is 15.7. The predicted octanol–water partition coefficient (Wildman–Crippen LogP) is 27.6. The molecule has 3 N–H and O–H groups in total. The van der Waals surface area contributed by atoms with Gasteiger partial charge in [0, 0.05) is 222 Å². The van der Waals surface area contributed by atoms with E-state index in [1.807, 2.05) is 201 Å². The summed E-state index contributed by atoms with van der Waals surface area (Å²) in [5.41, 5.74) is 29.3. The Kier molecular flexibility index (Phi) is 46.8. The number of allylic oxidation sites excluding steroid dienone is 4. The quantitative estimate of drug-likeness (QED) is 0.0474. The first kappa shape index (κ1) is 116. The number of aliphatic hydroxyl groups excluding tert-OH is 2. The molecule has 0 aliphatic heterocycles. The van der Waals surface area contributed by atoms with E-state index < -0.39 is 5.97 Å². The normalized spacial score (nSPS) is 10.3. The van der Waals surface area contributed by atoms with E-state index in [2.05, 4.69) is 256 Å². The second kappa shape index (κ2) is 57.5. The molecule has 0 bridgehead atoms. The number of ketones is 2. The third-order valence-electron chi connectivity index (χ3n) is 21.6. The second-order valence-corrected chi connectivity index (χ2v) is 31.9. The van der Waals surface area contributed by atoms with E-state index in [0.29, 0.717) is 0 Å². The van der Waals surface area contributed by atoms with Gasteiger partial charge in [-0.05, 0) is 181 Å². The molecule has 21 aromatic rings. The van der Waals surface area contributed by atoms with Crippen LogP contribution in [0.1, 0.15) is 82.7 Å². The summed E-state index contributed by atoms with van der Waals surface area (Å²) < 4.78 is 6.71. The van der Waals surface area contributed by atoms with Crippen LogP contribution >= 0.6 is 0 Å². The van der Waals surface area contributed by atoms with Crippen LogP contribution in [0.3, 0.4) is 0 Å². The van der Waals surface area contributed by atoms with Crippen molar-refractivity contribution in [2.45, 2.75) is 83.1 Å². The van der Waals surface area contributed by atoms with Gasteiger partial charge in [0.1, 0.15) is 5.69 Å². The molecule has 0 atom stereocenters. The molecule has 0 unspecified atom stereocenters.